The van der Waals surface area contributed by atoms with E-state index in [1.807, 2.05) is 19.9 Å². The number of aryl methyl sites for hydroxylation is 4. The number of hydrogen-bond acceptors (Lipinski definition) is 3. The maximum absolute atomic E-state index is 12.8. The molecule has 30 heavy (non-hydrogen) atoms. The van der Waals surface area contributed by atoms with Crippen LogP contribution in [0.15, 0.2) is 42.5 Å². The van der Waals surface area contributed by atoms with Crippen LogP contribution in [0.5, 0.6) is 0 Å². The van der Waals surface area contributed by atoms with Gasteiger partial charge >= 0.3 is 0 Å². The van der Waals surface area contributed by atoms with E-state index in [4.69, 9.17) is 28.2 Å². The van der Waals surface area contributed by atoms with Gasteiger partial charge in [0.25, 0.3) is 5.91 Å². The lowest BCUT2D eigenvalue weighted by Gasteiger charge is -2.12. The maximum Gasteiger partial charge on any atom is 0.256 e. The van der Waals surface area contributed by atoms with E-state index in [1.165, 1.54) is 11.6 Å². The van der Waals surface area contributed by atoms with Crippen LogP contribution in [0.25, 0.3) is 16.7 Å². The van der Waals surface area contributed by atoms with E-state index in [9.17, 15) is 4.79 Å². The highest BCUT2D eigenvalue weighted by atomic mass is 35.5. The minimum Gasteiger partial charge on any atom is -0.306 e. The molecule has 0 saturated heterocycles. The summed E-state index contributed by atoms with van der Waals surface area (Å²) in [5, 5.41) is 9.29. The van der Waals surface area contributed by atoms with E-state index in [1.54, 1.807) is 22.9 Å². The second-order valence-electron chi connectivity index (χ2n) is 7.44. The average Bonchev–Trinajstić information content (AvgIpc) is 3.04. The molecule has 0 saturated carbocycles. The summed E-state index contributed by atoms with van der Waals surface area (Å²) in [6.07, 6.45) is 0. The molecule has 1 amide bonds. The lowest BCUT2D eigenvalue weighted by molar-refractivity contribution is 0.102. The third kappa shape index (κ3) is 3.78. The van der Waals surface area contributed by atoms with Crippen molar-refractivity contribution in [3.63, 3.8) is 0 Å². The normalized spacial score (nSPS) is 11.1. The Hall–Kier alpha value is -2.89. The fraction of sp³-hybridized carbons (Fsp3) is 0.174. The molecule has 7 heteroatoms. The molecule has 0 spiro atoms. The highest BCUT2D eigenvalue weighted by Gasteiger charge is 2.16. The van der Waals surface area contributed by atoms with Crippen LogP contribution >= 0.6 is 23.2 Å². The number of amides is 1. The second-order valence-corrected chi connectivity index (χ2v) is 8.26. The van der Waals surface area contributed by atoms with Crippen molar-refractivity contribution in [2.24, 2.45) is 0 Å². The van der Waals surface area contributed by atoms with Crippen LogP contribution in [-0.4, -0.2) is 20.7 Å². The number of carbonyl (C=O) groups is 1. The molecule has 0 fully saturated rings. The van der Waals surface area contributed by atoms with Crippen molar-refractivity contribution >= 4 is 45.8 Å². The first-order chi connectivity index (χ1) is 14.2. The van der Waals surface area contributed by atoms with E-state index < -0.39 is 0 Å². The Morgan fingerprint density at radius 2 is 1.70 bits per heavy atom. The molecule has 0 aliphatic carbocycles. The number of nitrogens with one attached hydrogen (secondary N) is 1. The molecule has 5 nitrogen and oxygen atoms in total. The summed E-state index contributed by atoms with van der Waals surface area (Å²) in [4.78, 5) is 17.6. The molecule has 2 aromatic heterocycles. The zero-order chi connectivity index (χ0) is 21.6. The number of fused-ring (bicyclic) bond motifs is 1. The molecule has 0 radical (unpaired) electrons. The minimum absolute atomic E-state index is 0.306. The maximum atomic E-state index is 12.8. The number of benzene rings is 2. The van der Waals surface area contributed by atoms with E-state index in [0.717, 1.165) is 27.7 Å². The molecule has 0 aliphatic heterocycles. The van der Waals surface area contributed by atoms with E-state index in [0.29, 0.717) is 27.2 Å². The summed E-state index contributed by atoms with van der Waals surface area (Å²) in [5.74, 6) is 0.864. The number of hydrogen-bond donors (Lipinski definition) is 1. The molecule has 152 valence electrons. The molecule has 0 bridgehead atoms. The molecule has 2 aromatic carbocycles. The first kappa shape index (κ1) is 20.4. The Kier molecular flexibility index (Phi) is 5.26. The Morgan fingerprint density at radius 3 is 2.43 bits per heavy atom. The fourth-order valence-corrected chi connectivity index (χ4v) is 3.82. The van der Waals surface area contributed by atoms with Crippen LogP contribution < -0.4 is 5.32 Å². The summed E-state index contributed by atoms with van der Waals surface area (Å²) in [6.45, 7) is 8.05. The van der Waals surface area contributed by atoms with Crippen LogP contribution in [0.3, 0.4) is 0 Å². The van der Waals surface area contributed by atoms with E-state index in [2.05, 4.69) is 36.4 Å². The van der Waals surface area contributed by atoms with E-state index >= 15 is 0 Å². The monoisotopic (exact) mass is 438 g/mol. The lowest BCUT2D eigenvalue weighted by Crippen LogP contribution is -2.15. The van der Waals surface area contributed by atoms with Gasteiger partial charge in [-0.2, -0.15) is 9.78 Å². The van der Waals surface area contributed by atoms with Crippen LogP contribution in [-0.2, 0) is 0 Å². The molecule has 0 atom stereocenters. The minimum atomic E-state index is -0.306. The molecule has 0 unspecified atom stereocenters. The molecular formula is C23H20Cl2N4O. The molecule has 4 rings (SSSR count). The Bertz CT molecular complexity index is 1310. The molecule has 1 N–H and O–H groups in total. The van der Waals surface area contributed by atoms with E-state index in [-0.39, 0.29) is 5.91 Å². The number of rotatable bonds is 3. The Balaban J connectivity index is 1.76. The fourth-order valence-electron chi connectivity index (χ4n) is 3.52. The van der Waals surface area contributed by atoms with Gasteiger partial charge in [0, 0.05) is 17.0 Å². The number of pyridine rings is 1. The van der Waals surface area contributed by atoms with Crippen LogP contribution in [0.1, 0.15) is 32.7 Å². The van der Waals surface area contributed by atoms with Gasteiger partial charge in [-0.25, -0.2) is 4.98 Å². The van der Waals surface area contributed by atoms with Gasteiger partial charge in [0.1, 0.15) is 5.82 Å². The lowest BCUT2D eigenvalue weighted by atomic mass is 10.0. The molecule has 4 aromatic rings. The number of anilines is 1. The van der Waals surface area contributed by atoms with Gasteiger partial charge in [-0.1, -0.05) is 34.8 Å². The third-order valence-electron chi connectivity index (χ3n) is 4.91. The van der Waals surface area contributed by atoms with Gasteiger partial charge in [-0.3, -0.25) is 4.79 Å². The smallest absolute Gasteiger partial charge is 0.256 e. The standard InChI is InChI=1S/C23H20Cl2N4O/c1-12-7-14(3)22-17(8-12)13(2)9-20(26-22)29-21(10-15(4)28-29)27-23(30)16-5-6-18(24)19(25)11-16/h5-11H,1-4H3,(H,27,30). The number of carbonyl (C=O) groups excluding carboxylic acids is 1. The predicted molar refractivity (Wildman–Crippen MR) is 122 cm³/mol. The molecular weight excluding hydrogens is 419 g/mol. The Morgan fingerprint density at radius 1 is 0.933 bits per heavy atom. The summed E-state index contributed by atoms with van der Waals surface area (Å²) in [6, 6.07) is 12.8. The average molecular weight is 439 g/mol. The number of halogens is 2. The van der Waals surface area contributed by atoms with Gasteiger partial charge < -0.3 is 5.32 Å². The van der Waals surface area contributed by atoms with Crippen molar-refractivity contribution in [3.05, 3.63) is 80.5 Å². The first-order valence-corrected chi connectivity index (χ1v) is 10.2. The van der Waals surface area contributed by atoms with Gasteiger partial charge in [0.05, 0.1) is 21.3 Å². The van der Waals surface area contributed by atoms with Crippen molar-refractivity contribution in [1.29, 1.82) is 0 Å². The third-order valence-corrected chi connectivity index (χ3v) is 5.65. The predicted octanol–water partition coefficient (Wildman–Crippen LogP) is 6.21. The van der Waals surface area contributed by atoms with Gasteiger partial charge in [0.2, 0.25) is 0 Å². The highest BCUT2D eigenvalue weighted by Crippen LogP contribution is 2.27. The largest absolute Gasteiger partial charge is 0.306 e. The summed E-state index contributed by atoms with van der Waals surface area (Å²) in [7, 11) is 0. The molecule has 2 heterocycles. The SMILES string of the molecule is Cc1cc(C)c2nc(-n3nc(C)cc3NC(=O)c3ccc(Cl)c(Cl)c3)cc(C)c2c1. The second kappa shape index (κ2) is 7.74. The van der Waals surface area contributed by atoms with Crippen molar-refractivity contribution in [2.45, 2.75) is 27.7 Å². The van der Waals surface area contributed by atoms with Crippen LogP contribution in [0.4, 0.5) is 5.82 Å². The zero-order valence-electron chi connectivity index (χ0n) is 17.0. The van der Waals surface area contributed by atoms with Crippen molar-refractivity contribution in [2.75, 3.05) is 5.32 Å². The number of nitrogens with zero attached hydrogens (tertiary/aromatic N) is 3. The summed E-state index contributed by atoms with van der Waals surface area (Å²) in [5.41, 5.74) is 5.48. The van der Waals surface area contributed by atoms with Gasteiger partial charge in [-0.05, 0) is 69.2 Å². The Labute approximate surface area is 184 Å². The van der Waals surface area contributed by atoms with Crippen molar-refractivity contribution < 1.29 is 4.79 Å². The number of aromatic nitrogens is 3. The highest BCUT2D eigenvalue weighted by molar-refractivity contribution is 6.42. The van der Waals surface area contributed by atoms with Crippen LogP contribution in [0.2, 0.25) is 10.0 Å². The van der Waals surface area contributed by atoms with Crippen LogP contribution in [0, 0.1) is 27.7 Å². The van der Waals surface area contributed by atoms with Crippen molar-refractivity contribution in [3.8, 4) is 5.82 Å². The summed E-state index contributed by atoms with van der Waals surface area (Å²) < 4.78 is 1.65. The topological polar surface area (TPSA) is 59.8 Å². The quantitative estimate of drug-likeness (QED) is 0.413. The first-order valence-electron chi connectivity index (χ1n) is 9.45. The van der Waals surface area contributed by atoms with Gasteiger partial charge in [-0.15, -0.1) is 0 Å². The summed E-state index contributed by atoms with van der Waals surface area (Å²) >= 11 is 12.0. The molecule has 0 aliphatic rings. The zero-order valence-corrected chi connectivity index (χ0v) is 18.6. The van der Waals surface area contributed by atoms with Gasteiger partial charge in [0.15, 0.2) is 5.82 Å². The van der Waals surface area contributed by atoms with Crippen molar-refractivity contribution in [1.82, 2.24) is 14.8 Å².